The number of aryl methyl sites for hydroxylation is 1. The summed E-state index contributed by atoms with van der Waals surface area (Å²) in [5, 5.41) is 0.554. The van der Waals surface area contributed by atoms with Crippen LogP contribution < -0.4 is 5.56 Å². The van der Waals surface area contributed by atoms with Crippen LogP contribution in [0, 0.1) is 6.92 Å². The highest BCUT2D eigenvalue weighted by Crippen LogP contribution is 2.35. The lowest BCUT2D eigenvalue weighted by Gasteiger charge is -2.14. The van der Waals surface area contributed by atoms with Gasteiger partial charge in [0.1, 0.15) is 15.0 Å². The van der Waals surface area contributed by atoms with Gasteiger partial charge in [-0.3, -0.25) is 18.9 Å². The zero-order valence-corrected chi connectivity index (χ0v) is 20.6. The maximum atomic E-state index is 13.5. The molecule has 1 aliphatic rings. The summed E-state index contributed by atoms with van der Waals surface area (Å²) in [5.74, 6) is -0.205. The van der Waals surface area contributed by atoms with Gasteiger partial charge in [0.25, 0.3) is 11.5 Å². The second-order valence-corrected chi connectivity index (χ2v) is 10.4. The molecule has 0 saturated carbocycles. The molecule has 0 radical (unpaired) electrons. The Morgan fingerprint density at radius 2 is 1.71 bits per heavy atom. The number of carbonyl (C=O) groups excluding carboxylic acids is 1. The van der Waals surface area contributed by atoms with Crippen LogP contribution in [0.2, 0.25) is 0 Å². The van der Waals surface area contributed by atoms with E-state index in [0.29, 0.717) is 32.0 Å². The number of aromatic nitrogens is 2. The third-order valence-corrected chi connectivity index (χ3v) is 7.73. The van der Waals surface area contributed by atoms with Gasteiger partial charge in [-0.2, -0.15) is 0 Å². The van der Waals surface area contributed by atoms with Crippen LogP contribution in [0.5, 0.6) is 0 Å². The third kappa shape index (κ3) is 4.44. The highest BCUT2D eigenvalue weighted by Gasteiger charge is 2.32. The van der Waals surface area contributed by atoms with Crippen molar-refractivity contribution in [3.8, 4) is 0 Å². The smallest absolute Gasteiger partial charge is 0.266 e. The fourth-order valence-electron chi connectivity index (χ4n) is 3.63. The van der Waals surface area contributed by atoms with Crippen LogP contribution >= 0.6 is 35.7 Å². The Morgan fingerprint density at radius 1 is 1.00 bits per heavy atom. The van der Waals surface area contributed by atoms with Crippen molar-refractivity contribution in [3.63, 3.8) is 0 Å². The topological polar surface area (TPSA) is 54.7 Å². The first-order chi connectivity index (χ1) is 16.5. The molecule has 1 aliphatic heterocycles. The Kier molecular flexibility index (Phi) is 6.36. The molecule has 0 unspecified atom stereocenters. The molecule has 168 valence electrons. The minimum absolute atomic E-state index is 0.205. The summed E-state index contributed by atoms with van der Waals surface area (Å²) in [6.07, 6.45) is 3.34. The quantitative estimate of drug-likeness (QED) is 0.203. The number of pyridine rings is 1. The molecule has 3 heterocycles. The van der Waals surface area contributed by atoms with E-state index in [1.54, 1.807) is 17.2 Å². The predicted molar refractivity (Wildman–Crippen MR) is 142 cm³/mol. The number of rotatable bonds is 5. The average molecular weight is 502 g/mol. The van der Waals surface area contributed by atoms with E-state index in [1.807, 2.05) is 79.7 Å². The zero-order valence-electron chi connectivity index (χ0n) is 18.2. The molecule has 34 heavy (non-hydrogen) atoms. The van der Waals surface area contributed by atoms with Crippen molar-refractivity contribution in [2.24, 2.45) is 0 Å². The lowest BCUT2D eigenvalue weighted by Crippen LogP contribution is -2.27. The van der Waals surface area contributed by atoms with Gasteiger partial charge in [0.05, 0.1) is 17.0 Å². The van der Waals surface area contributed by atoms with Crippen molar-refractivity contribution in [1.82, 2.24) is 14.3 Å². The molecular formula is C26H19N3O2S3. The third-order valence-electron chi connectivity index (χ3n) is 5.34. The van der Waals surface area contributed by atoms with Crippen LogP contribution in [0.25, 0.3) is 11.7 Å². The molecule has 1 fully saturated rings. The molecule has 1 amide bonds. The molecule has 1 saturated heterocycles. The van der Waals surface area contributed by atoms with E-state index < -0.39 is 0 Å². The van der Waals surface area contributed by atoms with Gasteiger partial charge < -0.3 is 0 Å². The summed E-state index contributed by atoms with van der Waals surface area (Å²) in [6, 6.07) is 23.2. The Morgan fingerprint density at radius 3 is 2.44 bits per heavy atom. The summed E-state index contributed by atoms with van der Waals surface area (Å²) in [7, 11) is 0. The molecule has 5 rings (SSSR count). The van der Waals surface area contributed by atoms with Crippen molar-refractivity contribution < 1.29 is 4.79 Å². The van der Waals surface area contributed by atoms with Crippen molar-refractivity contribution in [1.29, 1.82) is 0 Å². The van der Waals surface area contributed by atoms with E-state index in [-0.39, 0.29) is 11.5 Å². The highest BCUT2D eigenvalue weighted by atomic mass is 32.2. The first kappa shape index (κ1) is 22.6. The Bertz CT molecular complexity index is 1500. The van der Waals surface area contributed by atoms with E-state index in [0.717, 1.165) is 16.0 Å². The number of benzene rings is 2. The van der Waals surface area contributed by atoms with Crippen LogP contribution in [0.1, 0.15) is 16.7 Å². The maximum Gasteiger partial charge on any atom is 0.266 e. The predicted octanol–water partition coefficient (Wildman–Crippen LogP) is 5.56. The van der Waals surface area contributed by atoms with Crippen molar-refractivity contribution in [2.45, 2.75) is 23.4 Å². The number of thioether (sulfide) groups is 1. The van der Waals surface area contributed by atoms with Gasteiger partial charge in [-0.05, 0) is 42.3 Å². The van der Waals surface area contributed by atoms with Gasteiger partial charge in [0.15, 0.2) is 0 Å². The number of fused-ring (bicyclic) bond motifs is 1. The molecular weight excluding hydrogens is 483 g/mol. The van der Waals surface area contributed by atoms with E-state index in [2.05, 4.69) is 0 Å². The second-order valence-electron chi connectivity index (χ2n) is 7.69. The summed E-state index contributed by atoms with van der Waals surface area (Å²) >= 11 is 8.11. The number of hydrogen-bond acceptors (Lipinski definition) is 6. The summed E-state index contributed by atoms with van der Waals surface area (Å²) in [5.41, 5.74) is 2.64. The van der Waals surface area contributed by atoms with Crippen molar-refractivity contribution in [3.05, 3.63) is 111 Å². The average Bonchev–Trinajstić information content (AvgIpc) is 3.11. The SMILES string of the molecule is Cc1cccn2c(=O)c(/C=C3\SC(=S)N(Cc4ccccc4)C3=O)c(Sc3ccccc3)nc12. The van der Waals surface area contributed by atoms with Crippen LogP contribution in [-0.2, 0) is 11.3 Å². The van der Waals surface area contributed by atoms with Crippen LogP contribution in [0.15, 0.2) is 98.6 Å². The van der Waals surface area contributed by atoms with Crippen molar-refractivity contribution >= 4 is 57.7 Å². The maximum absolute atomic E-state index is 13.5. The minimum Gasteiger partial charge on any atom is -0.288 e. The summed E-state index contributed by atoms with van der Waals surface area (Å²) in [4.78, 5) is 34.5. The number of amides is 1. The molecule has 0 N–H and O–H groups in total. The fraction of sp³-hybridized carbons (Fsp3) is 0.0769. The van der Waals surface area contributed by atoms with E-state index in [9.17, 15) is 9.59 Å². The number of hydrogen-bond donors (Lipinski definition) is 0. The molecule has 2 aromatic heterocycles. The van der Waals surface area contributed by atoms with Gasteiger partial charge in [0, 0.05) is 11.1 Å². The fourth-order valence-corrected chi connectivity index (χ4v) is 5.77. The van der Waals surface area contributed by atoms with E-state index in [4.69, 9.17) is 17.2 Å². The lowest BCUT2D eigenvalue weighted by atomic mass is 10.2. The van der Waals surface area contributed by atoms with Gasteiger partial charge in [-0.1, -0.05) is 90.3 Å². The Hall–Kier alpha value is -3.20. The molecule has 2 aromatic carbocycles. The second kappa shape index (κ2) is 9.58. The number of thiocarbonyl (C=S) groups is 1. The molecule has 4 aromatic rings. The van der Waals surface area contributed by atoms with Gasteiger partial charge in [-0.15, -0.1) is 0 Å². The van der Waals surface area contributed by atoms with Gasteiger partial charge >= 0.3 is 0 Å². The molecule has 0 bridgehead atoms. The van der Waals surface area contributed by atoms with Crippen LogP contribution in [-0.4, -0.2) is 24.5 Å². The summed E-state index contributed by atoms with van der Waals surface area (Å²) < 4.78 is 2.00. The molecule has 0 spiro atoms. The van der Waals surface area contributed by atoms with Crippen LogP contribution in [0.4, 0.5) is 0 Å². The molecule has 5 nitrogen and oxygen atoms in total. The largest absolute Gasteiger partial charge is 0.288 e. The van der Waals surface area contributed by atoms with Gasteiger partial charge in [-0.25, -0.2) is 4.98 Å². The Balaban J connectivity index is 1.59. The normalized spacial score (nSPS) is 15.0. The number of carbonyl (C=O) groups is 1. The zero-order chi connectivity index (χ0) is 23.7. The monoisotopic (exact) mass is 501 g/mol. The van der Waals surface area contributed by atoms with Crippen molar-refractivity contribution in [2.75, 3.05) is 0 Å². The lowest BCUT2D eigenvalue weighted by molar-refractivity contribution is -0.122. The Labute approximate surface area is 210 Å². The first-order valence-electron chi connectivity index (χ1n) is 10.6. The van der Waals surface area contributed by atoms with Crippen LogP contribution in [0.3, 0.4) is 0 Å². The van der Waals surface area contributed by atoms with E-state index in [1.165, 1.54) is 27.9 Å². The number of nitrogens with zero attached hydrogens (tertiary/aromatic N) is 3. The first-order valence-corrected chi connectivity index (χ1v) is 12.6. The molecule has 0 atom stereocenters. The minimum atomic E-state index is -0.222. The molecule has 8 heteroatoms. The summed E-state index contributed by atoms with van der Waals surface area (Å²) in [6.45, 7) is 2.32. The highest BCUT2D eigenvalue weighted by molar-refractivity contribution is 8.26. The molecule has 0 aliphatic carbocycles. The van der Waals surface area contributed by atoms with E-state index >= 15 is 0 Å². The standard InChI is InChI=1S/C26H19N3O2S3/c1-17-9-8-14-28-22(17)27-23(33-19-12-6-3-7-13-19)20(24(28)30)15-21-25(31)29(26(32)34-21)16-18-10-4-2-5-11-18/h2-15H,16H2,1H3/b21-15-. The van der Waals surface area contributed by atoms with Gasteiger partial charge in [0.2, 0.25) is 0 Å².